The van der Waals surface area contributed by atoms with Crippen molar-refractivity contribution in [3.63, 3.8) is 0 Å². The van der Waals surface area contributed by atoms with Gasteiger partial charge in [0.05, 0.1) is 11.6 Å². The van der Waals surface area contributed by atoms with Gasteiger partial charge >= 0.3 is 0 Å². The van der Waals surface area contributed by atoms with E-state index in [0.717, 1.165) is 24.2 Å². The van der Waals surface area contributed by atoms with Crippen molar-refractivity contribution in [3.05, 3.63) is 58.1 Å². The molecule has 1 heterocycles. The van der Waals surface area contributed by atoms with Crippen molar-refractivity contribution in [2.45, 2.75) is 32.2 Å². The Bertz CT molecular complexity index is 840. The van der Waals surface area contributed by atoms with Gasteiger partial charge in [-0.25, -0.2) is 0 Å². The molecule has 0 unspecified atom stereocenters. The molecule has 0 radical (unpaired) electrons. The number of anilines is 1. The van der Waals surface area contributed by atoms with E-state index in [9.17, 15) is 9.59 Å². The van der Waals surface area contributed by atoms with Gasteiger partial charge in [0.2, 0.25) is 11.8 Å². The minimum atomic E-state index is -0.0374. The lowest BCUT2D eigenvalue weighted by molar-refractivity contribution is -0.121. The molecule has 2 aromatic carbocycles. The van der Waals surface area contributed by atoms with E-state index in [1.165, 1.54) is 0 Å². The lowest BCUT2D eigenvalue weighted by Crippen LogP contribution is -2.24. The van der Waals surface area contributed by atoms with Crippen LogP contribution < -0.4 is 15.0 Å². The van der Waals surface area contributed by atoms with Crippen LogP contribution in [0, 0.1) is 0 Å². The summed E-state index contributed by atoms with van der Waals surface area (Å²) in [6.45, 7) is 1.63. The van der Waals surface area contributed by atoms with Crippen LogP contribution in [0.5, 0.6) is 5.75 Å². The van der Waals surface area contributed by atoms with Crippen LogP contribution in [-0.4, -0.2) is 25.0 Å². The van der Waals surface area contributed by atoms with Crippen LogP contribution in [0.3, 0.4) is 0 Å². The molecule has 0 spiro atoms. The van der Waals surface area contributed by atoms with Crippen LogP contribution in [0.1, 0.15) is 31.2 Å². The Hall–Kier alpha value is -2.24. The summed E-state index contributed by atoms with van der Waals surface area (Å²) in [7, 11) is 0. The van der Waals surface area contributed by atoms with Crippen LogP contribution in [0.4, 0.5) is 5.69 Å². The fourth-order valence-electron chi connectivity index (χ4n) is 3.01. The van der Waals surface area contributed by atoms with Crippen LogP contribution in [0.2, 0.25) is 10.0 Å². The molecule has 0 aromatic heterocycles. The second kappa shape index (κ2) is 9.80. The summed E-state index contributed by atoms with van der Waals surface area (Å²) in [6, 6.07) is 12.8. The quantitative estimate of drug-likeness (QED) is 0.634. The van der Waals surface area contributed by atoms with Crippen LogP contribution in [-0.2, 0) is 16.1 Å². The third kappa shape index (κ3) is 5.63. The van der Waals surface area contributed by atoms with E-state index in [2.05, 4.69) is 5.32 Å². The smallest absolute Gasteiger partial charge is 0.227 e. The van der Waals surface area contributed by atoms with Gasteiger partial charge in [-0.2, -0.15) is 0 Å². The zero-order valence-corrected chi connectivity index (χ0v) is 16.9. The molecule has 1 fully saturated rings. The number of halogens is 2. The van der Waals surface area contributed by atoms with E-state index < -0.39 is 0 Å². The first-order valence-electron chi connectivity index (χ1n) is 9.27. The van der Waals surface area contributed by atoms with Crippen molar-refractivity contribution >= 4 is 40.7 Å². The van der Waals surface area contributed by atoms with Crippen molar-refractivity contribution in [2.75, 3.05) is 18.1 Å². The summed E-state index contributed by atoms with van der Waals surface area (Å²) in [5, 5.41) is 3.90. The Kier molecular flexibility index (Phi) is 7.18. The van der Waals surface area contributed by atoms with Crippen molar-refractivity contribution in [2.24, 2.45) is 0 Å². The van der Waals surface area contributed by atoms with Gasteiger partial charge in [-0.15, -0.1) is 0 Å². The van der Waals surface area contributed by atoms with Gasteiger partial charge in [0.25, 0.3) is 0 Å². The molecule has 5 nitrogen and oxygen atoms in total. The fraction of sp³-hybridized carbons (Fsp3) is 0.333. The second-order valence-electron chi connectivity index (χ2n) is 6.62. The molecule has 0 aliphatic carbocycles. The first-order chi connectivity index (χ1) is 13.5. The number of benzene rings is 2. The monoisotopic (exact) mass is 420 g/mol. The molecule has 1 aliphatic heterocycles. The molecular formula is C21H22Cl2N2O3. The number of ether oxygens (including phenoxy) is 1. The zero-order chi connectivity index (χ0) is 19.9. The van der Waals surface area contributed by atoms with Crippen LogP contribution >= 0.6 is 23.2 Å². The summed E-state index contributed by atoms with van der Waals surface area (Å²) < 4.78 is 5.57. The standard InChI is InChI=1S/C21H22Cl2N2O3/c22-16-7-10-19(18(23)13-16)28-12-2-3-20(26)24-14-15-5-8-17(9-6-15)25-11-1-4-21(25)27/h5-10,13H,1-4,11-12,14H2,(H,24,26). The maximum absolute atomic E-state index is 12.0. The SMILES string of the molecule is O=C(CCCOc1ccc(Cl)cc1Cl)NCc1ccc(N2CCCC2=O)cc1. The van der Waals surface area contributed by atoms with E-state index in [4.69, 9.17) is 27.9 Å². The van der Waals surface area contributed by atoms with Gasteiger partial charge in [0, 0.05) is 36.6 Å². The molecule has 2 aromatic rings. The van der Waals surface area contributed by atoms with Gasteiger partial charge in [-0.3, -0.25) is 9.59 Å². The largest absolute Gasteiger partial charge is 0.492 e. The van der Waals surface area contributed by atoms with Crippen molar-refractivity contribution in [3.8, 4) is 5.75 Å². The minimum Gasteiger partial charge on any atom is -0.492 e. The molecule has 7 heteroatoms. The van der Waals surface area contributed by atoms with E-state index in [0.29, 0.717) is 48.2 Å². The Morgan fingerprint density at radius 2 is 1.93 bits per heavy atom. The third-order valence-electron chi connectivity index (χ3n) is 4.51. The van der Waals surface area contributed by atoms with Crippen LogP contribution in [0.25, 0.3) is 0 Å². The molecule has 0 bridgehead atoms. The first kappa shape index (κ1) is 20.5. The lowest BCUT2D eigenvalue weighted by atomic mass is 10.2. The maximum Gasteiger partial charge on any atom is 0.227 e. The number of rotatable bonds is 8. The highest BCUT2D eigenvalue weighted by atomic mass is 35.5. The number of amides is 2. The van der Waals surface area contributed by atoms with E-state index in [1.54, 1.807) is 23.1 Å². The van der Waals surface area contributed by atoms with Gasteiger partial charge in [-0.1, -0.05) is 35.3 Å². The highest BCUT2D eigenvalue weighted by Crippen LogP contribution is 2.27. The molecule has 2 amide bonds. The molecule has 148 valence electrons. The van der Waals surface area contributed by atoms with E-state index in [-0.39, 0.29) is 11.8 Å². The number of carbonyl (C=O) groups excluding carboxylic acids is 2. The molecule has 0 saturated carbocycles. The summed E-state index contributed by atoms with van der Waals surface area (Å²) in [5.41, 5.74) is 1.91. The Balaban J connectivity index is 1.36. The zero-order valence-electron chi connectivity index (χ0n) is 15.4. The second-order valence-corrected chi connectivity index (χ2v) is 7.46. The predicted octanol–water partition coefficient (Wildman–Crippen LogP) is 4.60. The highest BCUT2D eigenvalue weighted by Gasteiger charge is 2.21. The van der Waals surface area contributed by atoms with E-state index >= 15 is 0 Å². The Morgan fingerprint density at radius 3 is 2.61 bits per heavy atom. The van der Waals surface area contributed by atoms with Crippen molar-refractivity contribution in [1.82, 2.24) is 5.32 Å². The molecule has 28 heavy (non-hydrogen) atoms. The summed E-state index contributed by atoms with van der Waals surface area (Å²) in [4.78, 5) is 25.6. The Labute approximate surface area is 174 Å². The molecule has 1 saturated heterocycles. The van der Waals surface area contributed by atoms with Crippen molar-refractivity contribution < 1.29 is 14.3 Å². The summed E-state index contributed by atoms with van der Waals surface area (Å²) in [5.74, 6) is 0.691. The van der Waals surface area contributed by atoms with E-state index in [1.807, 2.05) is 24.3 Å². The molecule has 1 N–H and O–H groups in total. The molecule has 0 atom stereocenters. The number of nitrogens with zero attached hydrogens (tertiary/aromatic N) is 1. The summed E-state index contributed by atoms with van der Waals surface area (Å²) >= 11 is 11.9. The molecule has 1 aliphatic rings. The lowest BCUT2D eigenvalue weighted by Gasteiger charge is -2.16. The third-order valence-corrected chi connectivity index (χ3v) is 5.04. The predicted molar refractivity (Wildman–Crippen MR) is 111 cm³/mol. The average Bonchev–Trinajstić information content (AvgIpc) is 3.11. The van der Waals surface area contributed by atoms with Gasteiger partial charge in [-0.05, 0) is 48.7 Å². The van der Waals surface area contributed by atoms with Crippen LogP contribution in [0.15, 0.2) is 42.5 Å². The van der Waals surface area contributed by atoms with Gasteiger partial charge in [0.1, 0.15) is 5.75 Å². The summed E-state index contributed by atoms with van der Waals surface area (Å²) in [6.07, 6.45) is 2.47. The first-order valence-corrected chi connectivity index (χ1v) is 10.0. The maximum atomic E-state index is 12.0. The normalized spacial score (nSPS) is 13.6. The topological polar surface area (TPSA) is 58.6 Å². The highest BCUT2D eigenvalue weighted by molar-refractivity contribution is 6.35. The number of hydrogen-bond donors (Lipinski definition) is 1. The van der Waals surface area contributed by atoms with Gasteiger partial charge < -0.3 is 15.0 Å². The minimum absolute atomic E-state index is 0.0374. The Morgan fingerprint density at radius 1 is 1.14 bits per heavy atom. The number of carbonyl (C=O) groups is 2. The van der Waals surface area contributed by atoms with Gasteiger partial charge in [0.15, 0.2) is 0 Å². The fourth-order valence-corrected chi connectivity index (χ4v) is 3.47. The number of hydrogen-bond acceptors (Lipinski definition) is 3. The average molecular weight is 421 g/mol. The van der Waals surface area contributed by atoms with Crippen molar-refractivity contribution in [1.29, 1.82) is 0 Å². The number of nitrogens with one attached hydrogen (secondary N) is 1. The molecular weight excluding hydrogens is 399 g/mol. The molecule has 3 rings (SSSR count).